The predicted octanol–water partition coefficient (Wildman–Crippen LogP) is 1.99. The highest BCUT2D eigenvalue weighted by molar-refractivity contribution is 7.99. The van der Waals surface area contributed by atoms with E-state index in [1.807, 2.05) is 35.8 Å². The van der Waals surface area contributed by atoms with Crippen molar-refractivity contribution in [2.24, 2.45) is 5.92 Å². The number of piperidine rings is 1. The Morgan fingerprint density at radius 3 is 2.80 bits per heavy atom. The van der Waals surface area contributed by atoms with E-state index in [0.29, 0.717) is 24.7 Å². The van der Waals surface area contributed by atoms with Crippen LogP contribution in [-0.4, -0.2) is 55.5 Å². The molecule has 0 saturated carbocycles. The lowest BCUT2D eigenvalue weighted by Gasteiger charge is -2.30. The lowest BCUT2D eigenvalue weighted by atomic mass is 9.98. The highest BCUT2D eigenvalue weighted by atomic mass is 32.2. The number of aliphatic carboxylic acids is 1. The largest absolute Gasteiger partial charge is 0.481 e. The van der Waals surface area contributed by atoms with Gasteiger partial charge < -0.3 is 10.0 Å². The Balaban J connectivity index is 1.62. The van der Waals surface area contributed by atoms with Crippen molar-refractivity contribution in [2.75, 3.05) is 18.8 Å². The summed E-state index contributed by atoms with van der Waals surface area (Å²) < 4.78 is 1.84. The third-order valence-electron chi connectivity index (χ3n) is 4.28. The fourth-order valence-corrected chi connectivity index (χ4v) is 3.66. The molecule has 8 heteroatoms. The molecule has 0 bridgehead atoms. The third kappa shape index (κ3) is 4.19. The molecule has 25 heavy (non-hydrogen) atoms. The molecule has 7 nitrogen and oxygen atoms in total. The van der Waals surface area contributed by atoms with Gasteiger partial charge in [0.25, 0.3) is 0 Å². The van der Waals surface area contributed by atoms with Gasteiger partial charge in [-0.05, 0) is 31.9 Å². The van der Waals surface area contributed by atoms with Gasteiger partial charge in [0, 0.05) is 18.8 Å². The zero-order valence-electron chi connectivity index (χ0n) is 14.0. The highest BCUT2D eigenvalue weighted by Gasteiger charge is 2.28. The molecule has 1 N–H and O–H groups in total. The minimum atomic E-state index is -0.829. The Morgan fingerprint density at radius 1 is 1.32 bits per heavy atom. The van der Waals surface area contributed by atoms with E-state index in [2.05, 4.69) is 10.2 Å². The van der Waals surface area contributed by atoms with Crippen LogP contribution in [0, 0.1) is 12.8 Å². The highest BCUT2D eigenvalue weighted by Crippen LogP contribution is 2.22. The molecule has 2 heterocycles. The topological polar surface area (TPSA) is 88.3 Å². The first-order valence-electron chi connectivity index (χ1n) is 8.15. The maximum atomic E-state index is 12.4. The summed E-state index contributed by atoms with van der Waals surface area (Å²) in [6, 6.07) is 7.97. The van der Waals surface area contributed by atoms with Gasteiger partial charge >= 0.3 is 5.97 Å². The first kappa shape index (κ1) is 17.5. The quantitative estimate of drug-likeness (QED) is 0.821. The van der Waals surface area contributed by atoms with Gasteiger partial charge in [0.1, 0.15) is 6.33 Å². The third-order valence-corrected chi connectivity index (χ3v) is 5.20. The van der Waals surface area contributed by atoms with Gasteiger partial charge in [-0.1, -0.05) is 29.5 Å². The van der Waals surface area contributed by atoms with Crippen LogP contribution in [-0.2, 0) is 9.59 Å². The number of carboxylic acid groups (broad SMARTS) is 1. The van der Waals surface area contributed by atoms with Gasteiger partial charge in [0.15, 0.2) is 5.16 Å². The van der Waals surface area contributed by atoms with Crippen molar-refractivity contribution in [1.29, 1.82) is 0 Å². The van der Waals surface area contributed by atoms with Crippen molar-refractivity contribution in [3.63, 3.8) is 0 Å². The zero-order valence-corrected chi connectivity index (χ0v) is 14.8. The van der Waals surface area contributed by atoms with Crippen LogP contribution in [0.1, 0.15) is 18.4 Å². The lowest BCUT2D eigenvalue weighted by molar-refractivity contribution is -0.145. The van der Waals surface area contributed by atoms with E-state index in [0.717, 1.165) is 12.1 Å². The summed E-state index contributed by atoms with van der Waals surface area (Å²) in [5.74, 6) is -1.13. The average Bonchev–Trinajstić information content (AvgIpc) is 3.09. The molecule has 1 amide bonds. The molecule has 132 valence electrons. The molecular weight excluding hydrogens is 340 g/mol. The number of carbonyl (C=O) groups is 2. The molecular formula is C17H20N4O3S. The van der Waals surface area contributed by atoms with E-state index >= 15 is 0 Å². The average molecular weight is 360 g/mol. The number of amides is 1. The summed E-state index contributed by atoms with van der Waals surface area (Å²) in [7, 11) is 0. The van der Waals surface area contributed by atoms with Crippen molar-refractivity contribution in [3.05, 3.63) is 36.2 Å². The second kappa shape index (κ2) is 7.69. The van der Waals surface area contributed by atoms with Crippen LogP contribution >= 0.6 is 11.8 Å². The second-order valence-corrected chi connectivity index (χ2v) is 7.07. The van der Waals surface area contributed by atoms with Gasteiger partial charge in [-0.2, -0.15) is 0 Å². The maximum Gasteiger partial charge on any atom is 0.308 e. The van der Waals surface area contributed by atoms with Crippen molar-refractivity contribution in [3.8, 4) is 5.69 Å². The van der Waals surface area contributed by atoms with E-state index in [1.165, 1.54) is 17.3 Å². The Kier molecular flexibility index (Phi) is 5.37. The number of aromatic nitrogens is 3. The molecule has 1 saturated heterocycles. The number of carbonyl (C=O) groups excluding carboxylic acids is 1. The first-order valence-corrected chi connectivity index (χ1v) is 9.13. The van der Waals surface area contributed by atoms with Crippen LogP contribution in [0.3, 0.4) is 0 Å². The summed E-state index contributed by atoms with van der Waals surface area (Å²) in [4.78, 5) is 25.2. The van der Waals surface area contributed by atoms with Crippen molar-refractivity contribution in [2.45, 2.75) is 24.9 Å². The fourth-order valence-electron chi connectivity index (χ4n) is 2.83. The number of nitrogens with zero attached hydrogens (tertiary/aromatic N) is 4. The minimum absolute atomic E-state index is 0.0607. The Bertz CT molecular complexity index is 760. The summed E-state index contributed by atoms with van der Waals surface area (Å²) in [5.41, 5.74) is 2.11. The molecule has 1 unspecified atom stereocenters. The summed E-state index contributed by atoms with van der Waals surface area (Å²) >= 11 is 1.31. The van der Waals surface area contributed by atoms with Crippen molar-refractivity contribution in [1.82, 2.24) is 19.7 Å². The molecule has 1 aromatic carbocycles. The Labute approximate surface area is 150 Å². The van der Waals surface area contributed by atoms with Crippen LogP contribution in [0.2, 0.25) is 0 Å². The summed E-state index contributed by atoms with van der Waals surface area (Å²) in [6.07, 6.45) is 2.99. The van der Waals surface area contributed by atoms with Crippen LogP contribution in [0.5, 0.6) is 0 Å². The molecule has 2 aromatic rings. The smallest absolute Gasteiger partial charge is 0.308 e. The monoisotopic (exact) mass is 360 g/mol. The van der Waals surface area contributed by atoms with E-state index in [9.17, 15) is 9.59 Å². The maximum absolute atomic E-state index is 12.4. The number of benzene rings is 1. The SMILES string of the molecule is Cc1ccc(-n2cnnc2SCC(=O)N2CCCC(C(=O)O)C2)cc1. The van der Waals surface area contributed by atoms with E-state index in [-0.39, 0.29) is 11.7 Å². The van der Waals surface area contributed by atoms with E-state index in [1.54, 1.807) is 11.2 Å². The predicted molar refractivity (Wildman–Crippen MR) is 93.8 cm³/mol. The summed E-state index contributed by atoms with van der Waals surface area (Å²) in [6.45, 7) is 2.93. The number of hydrogen-bond acceptors (Lipinski definition) is 5. The van der Waals surface area contributed by atoms with Crippen LogP contribution in [0.25, 0.3) is 5.69 Å². The van der Waals surface area contributed by atoms with Crippen molar-refractivity contribution >= 4 is 23.6 Å². The number of aryl methyl sites for hydroxylation is 1. The number of hydrogen-bond donors (Lipinski definition) is 1. The molecule has 3 rings (SSSR count). The zero-order chi connectivity index (χ0) is 17.8. The van der Waals surface area contributed by atoms with Gasteiger partial charge in [-0.15, -0.1) is 10.2 Å². The fraction of sp³-hybridized carbons (Fsp3) is 0.412. The van der Waals surface area contributed by atoms with Gasteiger partial charge in [0.05, 0.1) is 11.7 Å². The van der Waals surface area contributed by atoms with Gasteiger partial charge in [0.2, 0.25) is 5.91 Å². The van der Waals surface area contributed by atoms with E-state index < -0.39 is 11.9 Å². The van der Waals surface area contributed by atoms with Crippen LogP contribution < -0.4 is 0 Å². The molecule has 1 fully saturated rings. The molecule has 1 aromatic heterocycles. The first-order chi connectivity index (χ1) is 12.0. The van der Waals surface area contributed by atoms with Gasteiger partial charge in [-0.25, -0.2) is 0 Å². The van der Waals surface area contributed by atoms with Crippen LogP contribution in [0.15, 0.2) is 35.7 Å². The van der Waals surface area contributed by atoms with Crippen molar-refractivity contribution < 1.29 is 14.7 Å². The second-order valence-electron chi connectivity index (χ2n) is 6.12. The number of carboxylic acids is 1. The molecule has 1 aliphatic heterocycles. The normalized spacial score (nSPS) is 17.5. The molecule has 0 radical (unpaired) electrons. The standard InChI is InChI=1S/C17H20N4O3S/c1-12-4-6-14(7-5-12)21-11-18-19-17(21)25-10-15(22)20-8-2-3-13(9-20)16(23)24/h4-7,11,13H,2-3,8-10H2,1H3,(H,23,24). The molecule has 0 aliphatic carbocycles. The Morgan fingerprint density at radius 2 is 2.08 bits per heavy atom. The summed E-state index contributed by atoms with van der Waals surface area (Å²) in [5, 5.41) is 17.8. The molecule has 0 spiro atoms. The number of rotatable bonds is 5. The number of thioether (sulfide) groups is 1. The molecule has 1 atom stereocenters. The molecule has 1 aliphatic rings. The van der Waals surface area contributed by atoms with Gasteiger partial charge in [-0.3, -0.25) is 14.2 Å². The number of likely N-dealkylation sites (tertiary alicyclic amines) is 1. The van der Waals surface area contributed by atoms with E-state index in [4.69, 9.17) is 5.11 Å². The lowest BCUT2D eigenvalue weighted by Crippen LogP contribution is -2.43. The van der Waals surface area contributed by atoms with Crippen LogP contribution in [0.4, 0.5) is 0 Å². The minimum Gasteiger partial charge on any atom is -0.481 e. The Hall–Kier alpha value is -2.35.